The van der Waals surface area contributed by atoms with Crippen molar-refractivity contribution in [3.63, 3.8) is 0 Å². The van der Waals surface area contributed by atoms with Crippen LogP contribution in [0.4, 0.5) is 4.39 Å². The highest BCUT2D eigenvalue weighted by Crippen LogP contribution is 2.19. The number of carbonyl (C=O) groups is 2. The lowest BCUT2D eigenvalue weighted by molar-refractivity contribution is -0.165. The van der Waals surface area contributed by atoms with Crippen LogP contribution in [0, 0.1) is 5.82 Å². The van der Waals surface area contributed by atoms with Gasteiger partial charge in [0.05, 0.1) is 7.11 Å². The minimum absolute atomic E-state index is 0.364. The van der Waals surface area contributed by atoms with Gasteiger partial charge < -0.3 is 9.47 Å². The number of benzene rings is 1. The predicted octanol–water partition coefficient (Wildman–Crippen LogP) is 1.60. The van der Waals surface area contributed by atoms with Crippen LogP contribution in [0.25, 0.3) is 0 Å². The van der Waals surface area contributed by atoms with Gasteiger partial charge in [-0.25, -0.2) is 9.18 Å². The van der Waals surface area contributed by atoms with Gasteiger partial charge in [-0.2, -0.15) is 0 Å². The van der Waals surface area contributed by atoms with Crippen molar-refractivity contribution in [2.24, 2.45) is 0 Å². The fraction of sp³-hybridized carbons (Fsp3) is 0.273. The molecule has 0 aromatic heterocycles. The maximum atomic E-state index is 12.7. The third-order valence-electron chi connectivity index (χ3n) is 1.87. The number of esters is 2. The summed E-state index contributed by atoms with van der Waals surface area (Å²) in [6, 6.07) is 5.07. The molecular weight excluding hydrogens is 215 g/mol. The Morgan fingerprint density at radius 2 is 1.81 bits per heavy atom. The Morgan fingerprint density at radius 1 is 1.25 bits per heavy atom. The van der Waals surface area contributed by atoms with Gasteiger partial charge >= 0.3 is 11.9 Å². The minimum Gasteiger partial charge on any atom is -0.466 e. The molecule has 0 heterocycles. The first-order valence-corrected chi connectivity index (χ1v) is 4.55. The van der Waals surface area contributed by atoms with Crippen LogP contribution in [0.1, 0.15) is 18.6 Å². The van der Waals surface area contributed by atoms with E-state index < -0.39 is 23.9 Å². The van der Waals surface area contributed by atoms with Crippen molar-refractivity contribution in [1.82, 2.24) is 0 Å². The third-order valence-corrected chi connectivity index (χ3v) is 1.87. The van der Waals surface area contributed by atoms with Crippen LogP contribution in [0.3, 0.4) is 0 Å². The van der Waals surface area contributed by atoms with Gasteiger partial charge in [-0.05, 0) is 12.1 Å². The first-order valence-electron chi connectivity index (χ1n) is 4.55. The highest BCUT2D eigenvalue weighted by atomic mass is 19.1. The lowest BCUT2D eigenvalue weighted by Gasteiger charge is -2.14. The summed E-state index contributed by atoms with van der Waals surface area (Å²) in [7, 11) is 1.18. The number of hydrogen-bond donors (Lipinski definition) is 0. The molecule has 0 saturated carbocycles. The zero-order valence-electron chi connectivity index (χ0n) is 8.90. The topological polar surface area (TPSA) is 52.6 Å². The van der Waals surface area contributed by atoms with Gasteiger partial charge in [-0.3, -0.25) is 4.79 Å². The summed E-state index contributed by atoms with van der Waals surface area (Å²) < 4.78 is 22.0. The largest absolute Gasteiger partial charge is 0.466 e. The van der Waals surface area contributed by atoms with E-state index in [1.54, 1.807) is 0 Å². The number of methoxy groups -OCH3 is 1. The van der Waals surface area contributed by atoms with Gasteiger partial charge in [0.1, 0.15) is 5.82 Å². The van der Waals surface area contributed by atoms with E-state index in [0.29, 0.717) is 5.56 Å². The Hall–Kier alpha value is -1.91. The quantitative estimate of drug-likeness (QED) is 0.734. The van der Waals surface area contributed by atoms with E-state index in [2.05, 4.69) is 4.74 Å². The van der Waals surface area contributed by atoms with Crippen molar-refractivity contribution in [1.29, 1.82) is 0 Å². The fourth-order valence-electron chi connectivity index (χ4n) is 1.16. The molecule has 5 heteroatoms. The monoisotopic (exact) mass is 226 g/mol. The molecule has 1 unspecified atom stereocenters. The SMILES string of the molecule is COC(=O)C(OC(C)=O)c1ccc(F)cc1. The van der Waals surface area contributed by atoms with Gasteiger partial charge in [0, 0.05) is 12.5 Å². The van der Waals surface area contributed by atoms with Crippen molar-refractivity contribution in [3.05, 3.63) is 35.6 Å². The van der Waals surface area contributed by atoms with Crippen LogP contribution < -0.4 is 0 Å². The average Bonchev–Trinajstić information content (AvgIpc) is 2.26. The predicted molar refractivity (Wildman–Crippen MR) is 52.9 cm³/mol. The first kappa shape index (κ1) is 12.2. The van der Waals surface area contributed by atoms with E-state index in [4.69, 9.17) is 4.74 Å². The Labute approximate surface area is 92.0 Å². The highest BCUT2D eigenvalue weighted by molar-refractivity contribution is 5.79. The van der Waals surface area contributed by atoms with Crippen molar-refractivity contribution in [2.75, 3.05) is 7.11 Å². The molecule has 0 aliphatic carbocycles. The van der Waals surface area contributed by atoms with E-state index in [1.807, 2.05) is 0 Å². The molecule has 4 nitrogen and oxygen atoms in total. The van der Waals surface area contributed by atoms with Gasteiger partial charge in [-0.1, -0.05) is 12.1 Å². The van der Waals surface area contributed by atoms with Crippen LogP contribution >= 0.6 is 0 Å². The Kier molecular flexibility index (Phi) is 3.99. The molecule has 1 aromatic carbocycles. The molecule has 86 valence electrons. The van der Waals surface area contributed by atoms with Crippen molar-refractivity contribution in [3.8, 4) is 0 Å². The van der Waals surface area contributed by atoms with Crippen LogP contribution in [-0.2, 0) is 19.1 Å². The third kappa shape index (κ3) is 3.05. The molecule has 0 saturated heterocycles. The maximum absolute atomic E-state index is 12.7. The lowest BCUT2D eigenvalue weighted by atomic mass is 10.1. The van der Waals surface area contributed by atoms with Crippen LogP contribution in [0.15, 0.2) is 24.3 Å². The summed E-state index contributed by atoms with van der Waals surface area (Å²) in [5.74, 6) is -1.75. The molecule has 0 N–H and O–H groups in total. The van der Waals surface area contributed by atoms with Gasteiger partial charge in [0.25, 0.3) is 0 Å². The standard InChI is InChI=1S/C11H11FO4/c1-7(13)16-10(11(14)15-2)8-3-5-9(12)6-4-8/h3-6,10H,1-2H3. The fourth-order valence-corrected chi connectivity index (χ4v) is 1.16. The van der Waals surface area contributed by atoms with E-state index in [-0.39, 0.29) is 0 Å². The molecule has 1 rings (SSSR count). The summed E-state index contributed by atoms with van der Waals surface area (Å²) in [4.78, 5) is 22.2. The Balaban J connectivity index is 2.96. The summed E-state index contributed by atoms with van der Waals surface area (Å²) >= 11 is 0. The Morgan fingerprint density at radius 3 is 2.25 bits per heavy atom. The van der Waals surface area contributed by atoms with Crippen molar-refractivity contribution >= 4 is 11.9 Å². The molecule has 0 radical (unpaired) electrons. The van der Waals surface area contributed by atoms with Crippen molar-refractivity contribution in [2.45, 2.75) is 13.0 Å². The van der Waals surface area contributed by atoms with E-state index in [9.17, 15) is 14.0 Å². The normalized spacial score (nSPS) is 11.7. The number of rotatable bonds is 3. The first-order chi connectivity index (χ1) is 7.54. The van der Waals surface area contributed by atoms with Crippen LogP contribution in [0.5, 0.6) is 0 Å². The summed E-state index contributed by atoms with van der Waals surface area (Å²) in [5.41, 5.74) is 0.364. The summed E-state index contributed by atoms with van der Waals surface area (Å²) in [6.07, 6.45) is -1.15. The Bertz CT molecular complexity index is 385. The van der Waals surface area contributed by atoms with E-state index in [0.717, 1.165) is 0 Å². The zero-order valence-corrected chi connectivity index (χ0v) is 8.90. The molecule has 0 fully saturated rings. The van der Waals surface area contributed by atoms with Gasteiger partial charge in [0.15, 0.2) is 0 Å². The molecule has 0 amide bonds. The molecular formula is C11H11FO4. The van der Waals surface area contributed by atoms with E-state index >= 15 is 0 Å². The number of hydrogen-bond acceptors (Lipinski definition) is 4. The zero-order chi connectivity index (χ0) is 12.1. The molecule has 1 atom stereocenters. The molecule has 16 heavy (non-hydrogen) atoms. The van der Waals surface area contributed by atoms with Gasteiger partial charge in [-0.15, -0.1) is 0 Å². The van der Waals surface area contributed by atoms with Crippen molar-refractivity contribution < 1.29 is 23.5 Å². The number of carbonyl (C=O) groups excluding carboxylic acids is 2. The second-order valence-electron chi connectivity index (χ2n) is 3.06. The highest BCUT2D eigenvalue weighted by Gasteiger charge is 2.24. The number of halogens is 1. The smallest absolute Gasteiger partial charge is 0.351 e. The molecule has 0 bridgehead atoms. The minimum atomic E-state index is -1.15. The second-order valence-corrected chi connectivity index (χ2v) is 3.06. The molecule has 0 aliphatic heterocycles. The summed E-state index contributed by atoms with van der Waals surface area (Å²) in [6.45, 7) is 1.18. The molecule has 1 aromatic rings. The average molecular weight is 226 g/mol. The van der Waals surface area contributed by atoms with Crippen LogP contribution in [0.2, 0.25) is 0 Å². The summed E-state index contributed by atoms with van der Waals surface area (Å²) in [5, 5.41) is 0. The molecule has 0 spiro atoms. The number of ether oxygens (including phenoxy) is 2. The van der Waals surface area contributed by atoms with Crippen LogP contribution in [-0.4, -0.2) is 19.0 Å². The van der Waals surface area contributed by atoms with E-state index in [1.165, 1.54) is 38.3 Å². The van der Waals surface area contributed by atoms with Gasteiger partial charge in [0.2, 0.25) is 6.10 Å². The second kappa shape index (κ2) is 5.25. The molecule has 0 aliphatic rings. The maximum Gasteiger partial charge on any atom is 0.351 e. The lowest BCUT2D eigenvalue weighted by Crippen LogP contribution is -2.19.